The lowest BCUT2D eigenvalue weighted by molar-refractivity contribution is -0.121. The van der Waals surface area contributed by atoms with E-state index in [9.17, 15) is 4.79 Å². The second-order valence-electron chi connectivity index (χ2n) is 12.6. The van der Waals surface area contributed by atoms with Gasteiger partial charge in [0.25, 0.3) is 0 Å². The molecule has 1 aromatic heterocycles. The normalized spacial score (nSPS) is 18.2. The Bertz CT molecular complexity index is 1370. The van der Waals surface area contributed by atoms with Crippen LogP contribution in [0.5, 0.6) is 11.6 Å². The number of ether oxygens (including phenoxy) is 2. The molecule has 0 radical (unpaired) electrons. The highest BCUT2D eigenvalue weighted by Crippen LogP contribution is 2.48. The molecule has 2 aromatic carbocycles. The smallest absolute Gasteiger partial charge is 0.213 e. The molecule has 1 unspecified atom stereocenters. The van der Waals surface area contributed by atoms with E-state index in [1.807, 2.05) is 12.3 Å². The molecule has 1 fully saturated rings. The van der Waals surface area contributed by atoms with E-state index >= 15 is 0 Å². The molecule has 218 valence electrons. The number of aryl methyl sites for hydroxylation is 1. The van der Waals surface area contributed by atoms with Gasteiger partial charge in [0, 0.05) is 36.8 Å². The molecule has 0 amide bonds. The summed E-state index contributed by atoms with van der Waals surface area (Å²) >= 11 is 0. The third kappa shape index (κ3) is 6.51. The molecule has 3 atom stereocenters. The van der Waals surface area contributed by atoms with E-state index in [0.29, 0.717) is 23.9 Å². The number of ketones is 1. The maximum atomic E-state index is 12.3. The first-order valence-corrected chi connectivity index (χ1v) is 15.3. The lowest BCUT2D eigenvalue weighted by Gasteiger charge is -2.32. The summed E-state index contributed by atoms with van der Waals surface area (Å²) in [6, 6.07) is 18.5. The SMILES string of the molecule is COc1cc(-c2ccc(C3CCc4ccc([C@H](C5CC5)[C@H](C)C(C)=O)cc4O3)cc2CN(C(C)C)C(C)C)ccn1. The first-order valence-electron chi connectivity index (χ1n) is 15.3. The van der Waals surface area contributed by atoms with Crippen molar-refractivity contribution in [3.8, 4) is 22.8 Å². The van der Waals surface area contributed by atoms with Gasteiger partial charge in [-0.3, -0.25) is 9.69 Å². The fourth-order valence-corrected chi connectivity index (χ4v) is 6.58. The summed E-state index contributed by atoms with van der Waals surface area (Å²) in [5.41, 5.74) is 7.32. The minimum atomic E-state index is -0.00585. The zero-order valence-electron chi connectivity index (χ0n) is 25.8. The molecule has 0 N–H and O–H groups in total. The lowest BCUT2D eigenvalue weighted by atomic mass is 9.80. The van der Waals surface area contributed by atoms with Crippen molar-refractivity contribution in [1.29, 1.82) is 0 Å². The second kappa shape index (κ2) is 12.4. The zero-order chi connectivity index (χ0) is 29.3. The molecule has 3 aromatic rings. The predicted octanol–water partition coefficient (Wildman–Crippen LogP) is 8.16. The summed E-state index contributed by atoms with van der Waals surface area (Å²) in [6.07, 6.45) is 6.17. The Morgan fingerprint density at radius 1 is 1.00 bits per heavy atom. The van der Waals surface area contributed by atoms with Gasteiger partial charge in [-0.25, -0.2) is 4.98 Å². The van der Waals surface area contributed by atoms with Crippen LogP contribution in [0.1, 0.15) is 95.1 Å². The molecule has 5 rings (SSSR count). The van der Waals surface area contributed by atoms with Crippen LogP contribution in [0.4, 0.5) is 0 Å². The second-order valence-corrected chi connectivity index (χ2v) is 12.6. The van der Waals surface area contributed by atoms with Crippen molar-refractivity contribution in [2.75, 3.05) is 7.11 Å². The van der Waals surface area contributed by atoms with Crippen molar-refractivity contribution in [3.05, 3.63) is 77.0 Å². The van der Waals surface area contributed by atoms with Crippen molar-refractivity contribution in [2.45, 2.75) is 97.9 Å². The summed E-state index contributed by atoms with van der Waals surface area (Å²) < 4.78 is 12.2. The molecular formula is C36H46N2O3. The van der Waals surface area contributed by atoms with E-state index < -0.39 is 0 Å². The maximum Gasteiger partial charge on any atom is 0.213 e. The molecule has 0 saturated heterocycles. The number of hydrogen-bond acceptors (Lipinski definition) is 5. The number of methoxy groups -OCH3 is 1. The summed E-state index contributed by atoms with van der Waals surface area (Å²) in [5.74, 6) is 2.80. The number of carbonyl (C=O) groups excluding carboxylic acids is 1. The van der Waals surface area contributed by atoms with Gasteiger partial charge in [-0.2, -0.15) is 0 Å². The van der Waals surface area contributed by atoms with E-state index in [1.54, 1.807) is 14.0 Å². The number of pyridine rings is 1. The van der Waals surface area contributed by atoms with Crippen LogP contribution in [0.25, 0.3) is 11.1 Å². The quantitative estimate of drug-likeness (QED) is 0.239. The topological polar surface area (TPSA) is 51.7 Å². The van der Waals surface area contributed by atoms with E-state index in [1.165, 1.54) is 40.7 Å². The van der Waals surface area contributed by atoms with Crippen molar-refractivity contribution in [3.63, 3.8) is 0 Å². The van der Waals surface area contributed by atoms with Gasteiger partial charge in [0.1, 0.15) is 17.6 Å². The summed E-state index contributed by atoms with van der Waals surface area (Å²) in [6.45, 7) is 13.7. The number of fused-ring (bicyclic) bond motifs is 1. The summed E-state index contributed by atoms with van der Waals surface area (Å²) in [5, 5.41) is 0. The average molecular weight is 555 g/mol. The molecule has 5 heteroatoms. The molecule has 41 heavy (non-hydrogen) atoms. The largest absolute Gasteiger partial charge is 0.485 e. The van der Waals surface area contributed by atoms with Gasteiger partial charge in [-0.15, -0.1) is 0 Å². The molecule has 1 aliphatic heterocycles. The standard InChI is InChI=1S/C36H46N2O3/c1-22(2)38(23(3)4)21-31-18-29(12-14-32(31)28-16-17-37-35(20-28)40-7)33-15-13-26-8-11-30(19-34(26)41-33)36(27-9-10-27)24(5)25(6)39/h8,11-12,14,16-20,22-24,27,33,36H,9-10,13,15,21H2,1-7H3/t24-,33?,36+/m1/s1. The number of aromatic nitrogens is 1. The van der Waals surface area contributed by atoms with Gasteiger partial charge in [-0.1, -0.05) is 37.3 Å². The first kappa shape index (κ1) is 29.3. The minimum Gasteiger partial charge on any atom is -0.485 e. The minimum absolute atomic E-state index is 0.00585. The highest BCUT2D eigenvalue weighted by Gasteiger charge is 2.38. The van der Waals surface area contributed by atoms with Gasteiger partial charge in [0.15, 0.2) is 0 Å². The molecule has 0 spiro atoms. The van der Waals surface area contributed by atoms with Gasteiger partial charge < -0.3 is 9.47 Å². The maximum absolute atomic E-state index is 12.3. The third-order valence-corrected chi connectivity index (χ3v) is 9.17. The van der Waals surface area contributed by atoms with E-state index in [4.69, 9.17) is 9.47 Å². The van der Waals surface area contributed by atoms with Gasteiger partial charge in [-0.05, 0) is 118 Å². The van der Waals surface area contributed by atoms with E-state index in [0.717, 1.165) is 30.7 Å². The predicted molar refractivity (Wildman–Crippen MR) is 165 cm³/mol. The van der Waals surface area contributed by atoms with Gasteiger partial charge in [0.2, 0.25) is 5.88 Å². The van der Waals surface area contributed by atoms with Crippen molar-refractivity contribution in [2.24, 2.45) is 11.8 Å². The van der Waals surface area contributed by atoms with Gasteiger partial charge in [0.05, 0.1) is 7.11 Å². The highest BCUT2D eigenvalue weighted by atomic mass is 16.5. The van der Waals surface area contributed by atoms with Crippen LogP contribution in [0.2, 0.25) is 0 Å². The number of nitrogens with zero attached hydrogens (tertiary/aromatic N) is 2. The lowest BCUT2D eigenvalue weighted by Crippen LogP contribution is -2.36. The van der Waals surface area contributed by atoms with Crippen LogP contribution < -0.4 is 9.47 Å². The third-order valence-electron chi connectivity index (χ3n) is 9.17. The first-order chi connectivity index (χ1) is 19.7. The van der Waals surface area contributed by atoms with E-state index in [-0.39, 0.29) is 23.7 Å². The van der Waals surface area contributed by atoms with Crippen molar-refractivity contribution >= 4 is 5.78 Å². The van der Waals surface area contributed by atoms with Crippen LogP contribution in [-0.2, 0) is 17.8 Å². The van der Waals surface area contributed by atoms with Crippen LogP contribution in [-0.4, -0.2) is 34.9 Å². The average Bonchev–Trinajstić information content (AvgIpc) is 3.80. The number of rotatable bonds is 11. The van der Waals surface area contributed by atoms with Crippen LogP contribution in [0.3, 0.4) is 0 Å². The Balaban J connectivity index is 1.47. The summed E-state index contributed by atoms with van der Waals surface area (Å²) in [7, 11) is 1.66. The molecule has 0 bridgehead atoms. The highest BCUT2D eigenvalue weighted by molar-refractivity contribution is 5.79. The van der Waals surface area contributed by atoms with E-state index in [2.05, 4.69) is 87.0 Å². The molecule has 1 aliphatic carbocycles. The Hall–Kier alpha value is -3.18. The molecular weight excluding hydrogens is 508 g/mol. The fourth-order valence-electron chi connectivity index (χ4n) is 6.58. The summed E-state index contributed by atoms with van der Waals surface area (Å²) in [4.78, 5) is 19.2. The Kier molecular flexibility index (Phi) is 8.84. The Morgan fingerprint density at radius 2 is 1.76 bits per heavy atom. The molecule has 5 nitrogen and oxygen atoms in total. The molecule has 2 aliphatic rings. The van der Waals surface area contributed by atoms with Crippen LogP contribution in [0.15, 0.2) is 54.7 Å². The number of Topliss-reactive ketones (excluding diaryl/α,β-unsaturated/α-hetero) is 1. The van der Waals surface area contributed by atoms with Crippen molar-refractivity contribution < 1.29 is 14.3 Å². The zero-order valence-corrected chi connectivity index (χ0v) is 25.8. The number of hydrogen-bond donors (Lipinski definition) is 0. The fraction of sp³-hybridized carbons (Fsp3) is 0.500. The molecule has 2 heterocycles. The van der Waals surface area contributed by atoms with Crippen LogP contribution in [0, 0.1) is 11.8 Å². The monoisotopic (exact) mass is 554 g/mol. The van der Waals surface area contributed by atoms with Gasteiger partial charge >= 0.3 is 0 Å². The Morgan fingerprint density at radius 3 is 2.41 bits per heavy atom. The number of carbonyl (C=O) groups is 1. The van der Waals surface area contributed by atoms with Crippen LogP contribution >= 0.6 is 0 Å². The molecule has 1 saturated carbocycles. The van der Waals surface area contributed by atoms with Crippen molar-refractivity contribution in [1.82, 2.24) is 9.88 Å². The Labute approximate surface area is 246 Å². The number of benzene rings is 2.